The minimum atomic E-state index is 0.532. The third-order valence-corrected chi connectivity index (χ3v) is 4.35. The SMILES string of the molecule is N#Cc1ccc(NC2CCCCCCCCCCC2)nc1. The Labute approximate surface area is 128 Å². The molecule has 0 aromatic carbocycles. The molecule has 1 saturated carbocycles. The van der Waals surface area contributed by atoms with E-state index in [4.69, 9.17) is 5.26 Å². The van der Waals surface area contributed by atoms with Gasteiger partial charge in [-0.05, 0) is 25.0 Å². The van der Waals surface area contributed by atoms with E-state index in [1.807, 2.05) is 12.1 Å². The second-order valence-corrected chi connectivity index (χ2v) is 6.14. The molecule has 0 saturated heterocycles. The molecule has 1 aromatic heterocycles. The molecule has 1 aliphatic carbocycles. The predicted octanol–water partition coefficient (Wildman–Crippen LogP) is 5.04. The molecule has 3 nitrogen and oxygen atoms in total. The second kappa shape index (κ2) is 9.39. The van der Waals surface area contributed by atoms with Gasteiger partial charge < -0.3 is 5.32 Å². The third kappa shape index (κ3) is 6.16. The highest BCUT2D eigenvalue weighted by Gasteiger charge is 2.10. The van der Waals surface area contributed by atoms with Crippen LogP contribution >= 0.6 is 0 Å². The summed E-state index contributed by atoms with van der Waals surface area (Å²) < 4.78 is 0. The van der Waals surface area contributed by atoms with E-state index in [9.17, 15) is 0 Å². The summed E-state index contributed by atoms with van der Waals surface area (Å²) in [6.07, 6.45) is 16.5. The predicted molar refractivity (Wildman–Crippen MR) is 87.1 cm³/mol. The Hall–Kier alpha value is -1.56. The van der Waals surface area contributed by atoms with Gasteiger partial charge in [-0.15, -0.1) is 0 Å². The average Bonchev–Trinajstić information content (AvgIpc) is 2.51. The number of hydrogen-bond donors (Lipinski definition) is 1. The zero-order chi connectivity index (χ0) is 14.8. The van der Waals surface area contributed by atoms with Crippen molar-refractivity contribution in [3.8, 4) is 6.07 Å². The largest absolute Gasteiger partial charge is 0.367 e. The minimum absolute atomic E-state index is 0.532. The molecule has 0 bridgehead atoms. The average molecular weight is 285 g/mol. The van der Waals surface area contributed by atoms with Crippen molar-refractivity contribution in [3.63, 3.8) is 0 Å². The van der Waals surface area contributed by atoms with Crippen LogP contribution in [0, 0.1) is 11.3 Å². The van der Waals surface area contributed by atoms with E-state index in [2.05, 4.69) is 16.4 Å². The van der Waals surface area contributed by atoms with Crippen LogP contribution in [0.3, 0.4) is 0 Å². The Balaban J connectivity index is 1.85. The number of nitriles is 1. The Morgan fingerprint density at radius 1 is 0.905 bits per heavy atom. The van der Waals surface area contributed by atoms with Gasteiger partial charge in [-0.1, -0.05) is 57.8 Å². The zero-order valence-corrected chi connectivity index (χ0v) is 13.0. The van der Waals surface area contributed by atoms with Gasteiger partial charge in [-0.2, -0.15) is 5.26 Å². The molecular weight excluding hydrogens is 258 g/mol. The summed E-state index contributed by atoms with van der Waals surface area (Å²) >= 11 is 0. The van der Waals surface area contributed by atoms with E-state index >= 15 is 0 Å². The first-order valence-electron chi connectivity index (χ1n) is 8.51. The van der Waals surface area contributed by atoms with Gasteiger partial charge in [-0.25, -0.2) is 4.98 Å². The van der Waals surface area contributed by atoms with Crippen LogP contribution in [0.25, 0.3) is 0 Å². The summed E-state index contributed by atoms with van der Waals surface area (Å²) in [7, 11) is 0. The van der Waals surface area contributed by atoms with Gasteiger partial charge in [0.2, 0.25) is 0 Å². The Morgan fingerprint density at radius 2 is 1.48 bits per heavy atom. The lowest BCUT2D eigenvalue weighted by Crippen LogP contribution is -2.20. The van der Waals surface area contributed by atoms with Gasteiger partial charge in [0.25, 0.3) is 0 Å². The molecule has 114 valence electrons. The van der Waals surface area contributed by atoms with Crippen molar-refractivity contribution in [1.29, 1.82) is 5.26 Å². The molecule has 1 aliphatic rings. The maximum absolute atomic E-state index is 8.82. The maximum atomic E-state index is 8.82. The lowest BCUT2D eigenvalue weighted by molar-refractivity contribution is 0.479. The molecule has 1 aromatic rings. The van der Waals surface area contributed by atoms with E-state index < -0.39 is 0 Å². The van der Waals surface area contributed by atoms with Gasteiger partial charge in [-0.3, -0.25) is 0 Å². The first-order valence-corrected chi connectivity index (χ1v) is 8.51. The lowest BCUT2D eigenvalue weighted by atomic mass is 9.98. The molecule has 0 spiro atoms. The molecule has 0 aliphatic heterocycles. The summed E-state index contributed by atoms with van der Waals surface area (Å²) in [6.45, 7) is 0. The molecule has 2 rings (SSSR count). The van der Waals surface area contributed by atoms with Gasteiger partial charge in [0.05, 0.1) is 5.56 Å². The molecular formula is C18H27N3. The summed E-state index contributed by atoms with van der Waals surface area (Å²) in [4.78, 5) is 4.34. The van der Waals surface area contributed by atoms with E-state index in [0.29, 0.717) is 11.6 Å². The minimum Gasteiger partial charge on any atom is -0.367 e. The molecule has 0 radical (unpaired) electrons. The zero-order valence-electron chi connectivity index (χ0n) is 13.0. The van der Waals surface area contributed by atoms with E-state index in [-0.39, 0.29) is 0 Å². The quantitative estimate of drug-likeness (QED) is 0.828. The summed E-state index contributed by atoms with van der Waals surface area (Å²) in [6, 6.07) is 6.41. The molecule has 0 unspecified atom stereocenters. The molecule has 3 heteroatoms. The van der Waals surface area contributed by atoms with Crippen LogP contribution in [0.5, 0.6) is 0 Å². The monoisotopic (exact) mass is 285 g/mol. The number of pyridine rings is 1. The van der Waals surface area contributed by atoms with Crippen LogP contribution in [-0.4, -0.2) is 11.0 Å². The fraction of sp³-hybridized carbons (Fsp3) is 0.667. The second-order valence-electron chi connectivity index (χ2n) is 6.14. The molecule has 1 N–H and O–H groups in total. The molecule has 21 heavy (non-hydrogen) atoms. The van der Waals surface area contributed by atoms with Gasteiger partial charge in [0.1, 0.15) is 11.9 Å². The Bertz CT molecular complexity index is 421. The number of nitrogens with one attached hydrogen (secondary N) is 1. The lowest BCUT2D eigenvalue weighted by Gasteiger charge is -2.20. The van der Waals surface area contributed by atoms with Crippen molar-refractivity contribution in [1.82, 2.24) is 4.98 Å². The van der Waals surface area contributed by atoms with Gasteiger partial charge in [0.15, 0.2) is 0 Å². The van der Waals surface area contributed by atoms with Crippen molar-refractivity contribution >= 4 is 5.82 Å². The first kappa shape index (κ1) is 15.8. The molecule has 1 heterocycles. The highest BCUT2D eigenvalue weighted by atomic mass is 15.0. The smallest absolute Gasteiger partial charge is 0.126 e. The normalized spacial score (nSPS) is 19.0. The van der Waals surface area contributed by atoms with E-state index in [1.165, 1.54) is 70.6 Å². The van der Waals surface area contributed by atoms with Crippen LogP contribution in [0.15, 0.2) is 18.3 Å². The summed E-state index contributed by atoms with van der Waals surface area (Å²) in [5.41, 5.74) is 0.624. The molecule has 1 fully saturated rings. The fourth-order valence-electron chi connectivity index (χ4n) is 3.06. The molecule has 0 atom stereocenters. The third-order valence-electron chi connectivity index (χ3n) is 4.35. The fourth-order valence-corrected chi connectivity index (χ4v) is 3.06. The van der Waals surface area contributed by atoms with Gasteiger partial charge in [0, 0.05) is 12.2 Å². The number of anilines is 1. The van der Waals surface area contributed by atoms with Crippen LogP contribution in [-0.2, 0) is 0 Å². The van der Waals surface area contributed by atoms with Crippen molar-refractivity contribution in [2.45, 2.75) is 76.7 Å². The molecule has 0 amide bonds. The van der Waals surface area contributed by atoms with Crippen molar-refractivity contribution < 1.29 is 0 Å². The van der Waals surface area contributed by atoms with Crippen molar-refractivity contribution in [2.24, 2.45) is 0 Å². The van der Waals surface area contributed by atoms with Crippen LogP contribution in [0.1, 0.15) is 76.2 Å². The standard InChI is InChI=1S/C18H27N3/c19-14-16-12-13-18(20-15-16)21-17-10-8-6-4-2-1-3-5-7-9-11-17/h12-13,15,17H,1-11H2,(H,20,21). The maximum Gasteiger partial charge on any atom is 0.126 e. The van der Waals surface area contributed by atoms with Crippen LogP contribution in [0.4, 0.5) is 5.82 Å². The topological polar surface area (TPSA) is 48.7 Å². The number of rotatable bonds is 2. The number of aromatic nitrogens is 1. The Morgan fingerprint density at radius 3 is 1.95 bits per heavy atom. The highest BCUT2D eigenvalue weighted by molar-refractivity contribution is 5.39. The van der Waals surface area contributed by atoms with Gasteiger partial charge >= 0.3 is 0 Å². The summed E-state index contributed by atoms with van der Waals surface area (Å²) in [5, 5.41) is 12.4. The number of nitrogens with zero attached hydrogens (tertiary/aromatic N) is 2. The van der Waals surface area contributed by atoms with E-state index in [0.717, 1.165) is 5.82 Å². The highest BCUT2D eigenvalue weighted by Crippen LogP contribution is 2.19. The van der Waals surface area contributed by atoms with Crippen LogP contribution < -0.4 is 5.32 Å². The van der Waals surface area contributed by atoms with Crippen molar-refractivity contribution in [2.75, 3.05) is 5.32 Å². The first-order chi connectivity index (χ1) is 10.4. The Kier molecular flexibility index (Phi) is 7.07. The van der Waals surface area contributed by atoms with Crippen LogP contribution in [0.2, 0.25) is 0 Å². The van der Waals surface area contributed by atoms with E-state index in [1.54, 1.807) is 6.20 Å². The number of hydrogen-bond acceptors (Lipinski definition) is 3. The van der Waals surface area contributed by atoms with Crippen molar-refractivity contribution in [3.05, 3.63) is 23.9 Å². The summed E-state index contributed by atoms with van der Waals surface area (Å²) in [5.74, 6) is 0.908.